The van der Waals surface area contributed by atoms with Crippen LogP contribution in [0.3, 0.4) is 0 Å². The quantitative estimate of drug-likeness (QED) is 0.374. The van der Waals surface area contributed by atoms with E-state index >= 15 is 0 Å². The van der Waals surface area contributed by atoms with Crippen LogP contribution < -0.4 is 10.6 Å². The van der Waals surface area contributed by atoms with Crippen molar-refractivity contribution < 1.29 is 8.42 Å². The smallest absolute Gasteiger partial charge is 0.191 e. The number of hydrogen-bond acceptors (Lipinski definition) is 3. The Morgan fingerprint density at radius 2 is 2.12 bits per heavy atom. The van der Waals surface area contributed by atoms with Gasteiger partial charge in [-0.05, 0) is 31.7 Å². The lowest BCUT2D eigenvalue weighted by atomic mass is 10.00. The van der Waals surface area contributed by atoms with E-state index in [2.05, 4.69) is 53.7 Å². The Labute approximate surface area is 169 Å². The predicted octanol–water partition coefficient (Wildman–Crippen LogP) is 2.71. The number of aryl methyl sites for hydroxylation is 1. The maximum atomic E-state index is 11.5. The van der Waals surface area contributed by atoms with E-state index < -0.39 is 9.84 Å². The molecule has 1 aliphatic heterocycles. The van der Waals surface area contributed by atoms with Crippen molar-refractivity contribution in [2.45, 2.75) is 33.1 Å². The Bertz CT molecular complexity index is 677. The molecular formula is C18H30IN3O2S. The molecule has 0 aromatic heterocycles. The highest BCUT2D eigenvalue weighted by atomic mass is 127. The molecule has 0 bridgehead atoms. The molecule has 25 heavy (non-hydrogen) atoms. The molecule has 0 amide bonds. The first-order valence-electron chi connectivity index (χ1n) is 8.69. The lowest BCUT2D eigenvalue weighted by Gasteiger charge is -2.16. The van der Waals surface area contributed by atoms with Crippen LogP contribution in [-0.2, 0) is 9.84 Å². The van der Waals surface area contributed by atoms with Gasteiger partial charge in [-0.1, -0.05) is 36.8 Å². The van der Waals surface area contributed by atoms with Gasteiger partial charge in [0.1, 0.15) is 0 Å². The van der Waals surface area contributed by atoms with Gasteiger partial charge in [-0.3, -0.25) is 4.99 Å². The van der Waals surface area contributed by atoms with Gasteiger partial charge in [0, 0.05) is 25.6 Å². The summed E-state index contributed by atoms with van der Waals surface area (Å²) in [6.45, 7) is 8.44. The fourth-order valence-corrected chi connectivity index (χ4v) is 4.79. The van der Waals surface area contributed by atoms with E-state index in [0.29, 0.717) is 30.5 Å². The van der Waals surface area contributed by atoms with Crippen molar-refractivity contribution in [2.24, 2.45) is 10.9 Å². The van der Waals surface area contributed by atoms with Gasteiger partial charge in [0.05, 0.1) is 11.5 Å². The van der Waals surface area contributed by atoms with Gasteiger partial charge in [0.25, 0.3) is 0 Å². The minimum Gasteiger partial charge on any atom is -0.357 e. The van der Waals surface area contributed by atoms with Crippen molar-refractivity contribution in [1.29, 1.82) is 0 Å². The van der Waals surface area contributed by atoms with Crippen LogP contribution in [0.4, 0.5) is 0 Å². The molecule has 5 nitrogen and oxygen atoms in total. The van der Waals surface area contributed by atoms with Crippen LogP contribution in [0, 0.1) is 12.8 Å². The first kappa shape index (κ1) is 22.2. The summed E-state index contributed by atoms with van der Waals surface area (Å²) in [5, 5.41) is 6.53. The molecule has 0 saturated carbocycles. The average Bonchev–Trinajstić information content (AvgIpc) is 2.89. The highest BCUT2D eigenvalue weighted by molar-refractivity contribution is 14.0. The Balaban J connectivity index is 0.00000312. The third-order valence-corrected chi connectivity index (χ3v) is 6.20. The second kappa shape index (κ2) is 10.4. The third kappa shape index (κ3) is 7.52. The minimum absolute atomic E-state index is 0. The summed E-state index contributed by atoms with van der Waals surface area (Å²) in [7, 11) is -2.82. The van der Waals surface area contributed by atoms with Crippen LogP contribution in [0.25, 0.3) is 0 Å². The monoisotopic (exact) mass is 479 g/mol. The number of nitrogens with one attached hydrogen (secondary N) is 2. The largest absolute Gasteiger partial charge is 0.357 e. The molecule has 1 aromatic carbocycles. The van der Waals surface area contributed by atoms with Gasteiger partial charge < -0.3 is 10.6 Å². The first-order chi connectivity index (χ1) is 11.4. The number of rotatable bonds is 6. The maximum absolute atomic E-state index is 11.5. The van der Waals surface area contributed by atoms with Crippen LogP contribution in [0.2, 0.25) is 0 Å². The van der Waals surface area contributed by atoms with Crippen molar-refractivity contribution >= 4 is 39.8 Å². The van der Waals surface area contributed by atoms with Gasteiger partial charge in [0.2, 0.25) is 0 Å². The van der Waals surface area contributed by atoms with Crippen LogP contribution in [0.1, 0.15) is 37.3 Å². The van der Waals surface area contributed by atoms with E-state index in [9.17, 15) is 8.42 Å². The van der Waals surface area contributed by atoms with Crippen LogP contribution in [0.5, 0.6) is 0 Å². The maximum Gasteiger partial charge on any atom is 0.191 e. The van der Waals surface area contributed by atoms with Crippen LogP contribution in [-0.4, -0.2) is 45.5 Å². The number of nitrogens with zero attached hydrogens (tertiary/aromatic N) is 1. The van der Waals surface area contributed by atoms with Crippen molar-refractivity contribution in [1.82, 2.24) is 10.6 Å². The molecule has 1 heterocycles. The molecule has 1 saturated heterocycles. The standard InChI is InChI=1S/C18H29N3O2S.HI/c1-4-19-18(21-12-16-8-9-24(22,23)13-16)20-11-15(3)17-7-5-6-14(2)10-17;/h5-7,10,15-16H,4,8-9,11-13H2,1-3H3,(H2,19,20,21);1H. The van der Waals surface area contributed by atoms with Crippen LogP contribution in [0.15, 0.2) is 29.3 Å². The number of benzene rings is 1. The molecule has 2 N–H and O–H groups in total. The number of hydrogen-bond donors (Lipinski definition) is 2. The molecule has 142 valence electrons. The summed E-state index contributed by atoms with van der Waals surface area (Å²) in [6.07, 6.45) is 0.744. The number of guanidine groups is 1. The van der Waals surface area contributed by atoms with Crippen molar-refractivity contribution in [3.05, 3.63) is 35.4 Å². The van der Waals surface area contributed by atoms with E-state index in [1.165, 1.54) is 11.1 Å². The van der Waals surface area contributed by atoms with Crippen LogP contribution >= 0.6 is 24.0 Å². The number of halogens is 1. The Morgan fingerprint density at radius 3 is 2.72 bits per heavy atom. The number of aliphatic imine (C=N–C) groups is 1. The predicted molar refractivity (Wildman–Crippen MR) is 116 cm³/mol. The Kier molecular flexibility index (Phi) is 9.20. The summed E-state index contributed by atoms with van der Waals surface area (Å²) in [6, 6.07) is 8.51. The van der Waals surface area contributed by atoms with Gasteiger partial charge in [-0.25, -0.2) is 8.42 Å². The summed E-state index contributed by atoms with van der Waals surface area (Å²) < 4.78 is 23.1. The van der Waals surface area contributed by atoms with E-state index in [1.54, 1.807) is 0 Å². The fraction of sp³-hybridized carbons (Fsp3) is 0.611. The first-order valence-corrected chi connectivity index (χ1v) is 10.5. The molecule has 1 aromatic rings. The molecule has 0 radical (unpaired) electrons. The SMILES string of the molecule is CCNC(=NCC(C)c1cccc(C)c1)NCC1CCS(=O)(=O)C1.I. The number of sulfone groups is 1. The molecule has 1 aliphatic rings. The van der Waals surface area contributed by atoms with Crippen molar-refractivity contribution in [3.8, 4) is 0 Å². The Morgan fingerprint density at radius 1 is 1.36 bits per heavy atom. The molecule has 0 spiro atoms. The highest BCUT2D eigenvalue weighted by Gasteiger charge is 2.27. The molecule has 1 fully saturated rings. The van der Waals surface area contributed by atoms with Crippen molar-refractivity contribution in [2.75, 3.05) is 31.1 Å². The molecular weight excluding hydrogens is 449 g/mol. The fourth-order valence-electron chi connectivity index (χ4n) is 2.93. The average molecular weight is 479 g/mol. The molecule has 2 atom stereocenters. The lowest BCUT2D eigenvalue weighted by Crippen LogP contribution is -2.40. The van der Waals surface area contributed by atoms with Gasteiger partial charge in [-0.2, -0.15) is 0 Å². The highest BCUT2D eigenvalue weighted by Crippen LogP contribution is 2.18. The summed E-state index contributed by atoms with van der Waals surface area (Å²) in [5.74, 6) is 1.90. The minimum atomic E-state index is -2.82. The van der Waals surface area contributed by atoms with Gasteiger partial charge in [-0.15, -0.1) is 24.0 Å². The van der Waals surface area contributed by atoms with E-state index in [0.717, 1.165) is 18.9 Å². The zero-order valence-corrected chi connectivity index (χ0v) is 18.4. The van der Waals surface area contributed by atoms with Gasteiger partial charge >= 0.3 is 0 Å². The van der Waals surface area contributed by atoms with E-state index in [1.807, 2.05) is 6.92 Å². The normalized spacial score (nSPS) is 20.6. The van der Waals surface area contributed by atoms with Gasteiger partial charge in [0.15, 0.2) is 15.8 Å². The molecule has 7 heteroatoms. The zero-order valence-electron chi connectivity index (χ0n) is 15.3. The van der Waals surface area contributed by atoms with Crippen molar-refractivity contribution in [3.63, 3.8) is 0 Å². The lowest BCUT2D eigenvalue weighted by molar-refractivity contribution is 0.567. The second-order valence-electron chi connectivity index (χ2n) is 6.68. The van der Waals surface area contributed by atoms with E-state index in [-0.39, 0.29) is 29.9 Å². The third-order valence-electron chi connectivity index (χ3n) is 4.36. The topological polar surface area (TPSA) is 70.6 Å². The second-order valence-corrected chi connectivity index (χ2v) is 8.91. The van der Waals surface area contributed by atoms with E-state index in [4.69, 9.17) is 0 Å². The zero-order chi connectivity index (χ0) is 17.6. The molecule has 0 aliphatic carbocycles. The Hall–Kier alpha value is -0.830. The summed E-state index contributed by atoms with van der Waals surface area (Å²) in [4.78, 5) is 4.66. The summed E-state index contributed by atoms with van der Waals surface area (Å²) in [5.41, 5.74) is 2.55. The molecule has 2 unspecified atom stereocenters. The molecule has 2 rings (SSSR count). The summed E-state index contributed by atoms with van der Waals surface area (Å²) >= 11 is 0.